The summed E-state index contributed by atoms with van der Waals surface area (Å²) in [5.74, 6) is -1.41. The summed E-state index contributed by atoms with van der Waals surface area (Å²) in [7, 11) is 1.25. The lowest BCUT2D eigenvalue weighted by atomic mass is 10.3. The van der Waals surface area contributed by atoms with Gasteiger partial charge in [-0.1, -0.05) is 11.8 Å². The van der Waals surface area contributed by atoms with Crippen LogP contribution in [0, 0.1) is 0 Å². The van der Waals surface area contributed by atoms with E-state index >= 15 is 0 Å². The third kappa shape index (κ3) is 1.92. The smallest absolute Gasteiger partial charge is 0.288 e. The van der Waals surface area contributed by atoms with Crippen LogP contribution in [0.3, 0.4) is 0 Å². The Kier molecular flexibility index (Phi) is 2.90. The zero-order chi connectivity index (χ0) is 10.9. The first kappa shape index (κ1) is 10.7. The fraction of sp³-hybridized carbons (Fsp3) is 0.429. The van der Waals surface area contributed by atoms with E-state index in [-0.39, 0.29) is 5.12 Å². The zero-order valence-electron chi connectivity index (χ0n) is 7.57. The first-order valence-corrected chi connectivity index (χ1v) is 4.61. The summed E-state index contributed by atoms with van der Waals surface area (Å²) < 4.78 is 0. The van der Waals surface area contributed by atoms with Crippen LogP contribution in [0.25, 0.3) is 0 Å². The van der Waals surface area contributed by atoms with E-state index in [1.807, 2.05) is 5.32 Å². The molecule has 0 saturated carbocycles. The van der Waals surface area contributed by atoms with E-state index in [9.17, 15) is 19.2 Å². The zero-order valence-corrected chi connectivity index (χ0v) is 8.38. The fourth-order valence-corrected chi connectivity index (χ4v) is 1.67. The number of rotatable bonds is 1. The molecule has 1 fully saturated rings. The third-order valence-corrected chi connectivity index (χ3v) is 2.59. The van der Waals surface area contributed by atoms with Crippen LogP contribution in [0.4, 0.5) is 4.79 Å². The van der Waals surface area contributed by atoms with E-state index in [1.54, 1.807) is 0 Å². The Morgan fingerprint density at radius 1 is 1.43 bits per heavy atom. The van der Waals surface area contributed by atoms with Gasteiger partial charge in [-0.15, -0.1) is 0 Å². The monoisotopic (exact) mass is 216 g/mol. The number of thioether (sulfide) groups is 1. The number of carbonyl (C=O) groups excluding carboxylic acids is 4. The molecule has 1 unspecified atom stereocenters. The highest BCUT2D eigenvalue weighted by Crippen LogP contribution is 2.17. The first-order chi connectivity index (χ1) is 6.43. The minimum atomic E-state index is -1.14. The van der Waals surface area contributed by atoms with Crippen molar-refractivity contribution < 1.29 is 19.2 Å². The van der Waals surface area contributed by atoms with Gasteiger partial charge in [0, 0.05) is 14.0 Å². The molecule has 4 amide bonds. The minimum absolute atomic E-state index is 0.346. The van der Waals surface area contributed by atoms with E-state index in [1.165, 1.54) is 14.0 Å². The topological polar surface area (TPSA) is 83.6 Å². The van der Waals surface area contributed by atoms with Crippen molar-refractivity contribution in [3.05, 3.63) is 0 Å². The number of hydrogen-bond acceptors (Lipinski definition) is 5. The van der Waals surface area contributed by atoms with Crippen LogP contribution in [-0.4, -0.2) is 40.2 Å². The Bertz CT molecular complexity index is 328. The maximum Gasteiger partial charge on any atom is 0.330 e. The summed E-state index contributed by atoms with van der Waals surface area (Å²) in [6.45, 7) is 1.25. The molecule has 1 atom stereocenters. The lowest BCUT2D eigenvalue weighted by Gasteiger charge is -2.25. The number of barbiturate groups is 1. The van der Waals surface area contributed by atoms with Gasteiger partial charge in [0.1, 0.15) is 0 Å². The number of nitrogens with zero attached hydrogens (tertiary/aromatic N) is 1. The van der Waals surface area contributed by atoms with Crippen molar-refractivity contribution in [2.75, 3.05) is 7.05 Å². The van der Waals surface area contributed by atoms with Crippen molar-refractivity contribution in [3.63, 3.8) is 0 Å². The molecule has 1 heterocycles. The van der Waals surface area contributed by atoms with Gasteiger partial charge in [-0.25, -0.2) is 4.79 Å². The lowest BCUT2D eigenvalue weighted by molar-refractivity contribution is -0.134. The molecule has 1 N–H and O–H groups in total. The summed E-state index contributed by atoms with van der Waals surface area (Å²) in [5, 5.41) is 0.480. The molecule has 1 aliphatic heterocycles. The van der Waals surface area contributed by atoms with Crippen molar-refractivity contribution >= 4 is 34.7 Å². The van der Waals surface area contributed by atoms with Gasteiger partial charge < -0.3 is 0 Å². The second-order valence-corrected chi connectivity index (χ2v) is 3.96. The van der Waals surface area contributed by atoms with Crippen LogP contribution in [0.15, 0.2) is 0 Å². The largest absolute Gasteiger partial charge is 0.330 e. The number of amides is 4. The quantitative estimate of drug-likeness (QED) is 0.588. The minimum Gasteiger partial charge on any atom is -0.288 e. The van der Waals surface area contributed by atoms with Gasteiger partial charge >= 0.3 is 6.03 Å². The normalized spacial score (nSPS) is 22.3. The number of nitrogens with one attached hydrogen (secondary N) is 1. The molecular formula is C7H8N2O4S. The van der Waals surface area contributed by atoms with E-state index in [0.717, 1.165) is 4.90 Å². The number of hydrogen-bond donors (Lipinski definition) is 1. The Balaban J connectivity index is 2.84. The summed E-state index contributed by atoms with van der Waals surface area (Å²) in [6, 6.07) is -0.764. The molecule has 0 radical (unpaired) electrons. The molecule has 1 rings (SSSR count). The van der Waals surface area contributed by atoms with Crippen molar-refractivity contribution in [1.82, 2.24) is 10.2 Å². The van der Waals surface area contributed by atoms with Crippen molar-refractivity contribution in [2.24, 2.45) is 0 Å². The van der Waals surface area contributed by atoms with Crippen LogP contribution < -0.4 is 5.32 Å². The van der Waals surface area contributed by atoms with E-state index in [4.69, 9.17) is 0 Å². The van der Waals surface area contributed by atoms with Gasteiger partial charge in [0.2, 0.25) is 0 Å². The Morgan fingerprint density at radius 2 is 2.00 bits per heavy atom. The maximum absolute atomic E-state index is 11.4. The van der Waals surface area contributed by atoms with E-state index in [0.29, 0.717) is 11.8 Å². The second-order valence-electron chi connectivity index (χ2n) is 2.68. The molecular weight excluding hydrogens is 208 g/mol. The second kappa shape index (κ2) is 3.79. The predicted octanol–water partition coefficient (Wildman–Crippen LogP) is -0.657. The van der Waals surface area contributed by atoms with Gasteiger partial charge in [-0.2, -0.15) is 0 Å². The SMILES string of the molecule is CC(=O)SC1C(=O)NC(=O)N(C)C1=O. The van der Waals surface area contributed by atoms with Crippen molar-refractivity contribution in [2.45, 2.75) is 12.2 Å². The van der Waals surface area contributed by atoms with Gasteiger partial charge in [0.15, 0.2) is 10.4 Å². The summed E-state index contributed by atoms with van der Waals surface area (Å²) in [6.07, 6.45) is 0. The van der Waals surface area contributed by atoms with Crippen LogP contribution in [-0.2, 0) is 14.4 Å². The van der Waals surface area contributed by atoms with Gasteiger partial charge in [-0.05, 0) is 0 Å². The molecule has 0 bridgehead atoms. The summed E-state index contributed by atoms with van der Waals surface area (Å²) in [5.41, 5.74) is 0. The highest BCUT2D eigenvalue weighted by Gasteiger charge is 2.39. The van der Waals surface area contributed by atoms with Gasteiger partial charge in [0.05, 0.1) is 0 Å². The molecule has 1 aliphatic rings. The van der Waals surface area contributed by atoms with E-state index < -0.39 is 23.1 Å². The predicted molar refractivity (Wildman–Crippen MR) is 48.4 cm³/mol. The van der Waals surface area contributed by atoms with Crippen molar-refractivity contribution in [3.8, 4) is 0 Å². The standard InChI is InChI=1S/C7H8N2O4S/c1-3(10)14-4-5(11)8-7(13)9(2)6(4)12/h4H,1-2H3,(H,8,11,13). The highest BCUT2D eigenvalue weighted by atomic mass is 32.2. The fourth-order valence-electron chi connectivity index (χ4n) is 0.913. The van der Waals surface area contributed by atoms with Crippen LogP contribution >= 0.6 is 11.8 Å². The van der Waals surface area contributed by atoms with Crippen LogP contribution in [0.1, 0.15) is 6.92 Å². The van der Waals surface area contributed by atoms with Gasteiger partial charge in [0.25, 0.3) is 11.8 Å². The molecule has 0 spiro atoms. The maximum atomic E-state index is 11.4. The lowest BCUT2D eigenvalue weighted by Crippen LogP contribution is -2.58. The van der Waals surface area contributed by atoms with E-state index in [2.05, 4.69) is 0 Å². The molecule has 0 aromatic heterocycles. The summed E-state index contributed by atoms with van der Waals surface area (Å²) in [4.78, 5) is 44.9. The first-order valence-electron chi connectivity index (χ1n) is 3.73. The molecule has 0 aromatic rings. The molecule has 6 nitrogen and oxygen atoms in total. The Hall–Kier alpha value is -1.37. The highest BCUT2D eigenvalue weighted by molar-refractivity contribution is 8.15. The van der Waals surface area contributed by atoms with Crippen LogP contribution in [0.5, 0.6) is 0 Å². The number of imide groups is 2. The average molecular weight is 216 g/mol. The number of carbonyl (C=O) groups is 4. The Labute approximate surface area is 84.0 Å². The Morgan fingerprint density at radius 3 is 2.50 bits per heavy atom. The number of urea groups is 1. The van der Waals surface area contributed by atoms with Gasteiger partial charge in [-0.3, -0.25) is 24.6 Å². The molecule has 0 aromatic carbocycles. The summed E-state index contributed by atoms with van der Waals surface area (Å²) >= 11 is 0.603. The third-order valence-electron chi connectivity index (χ3n) is 1.61. The molecule has 1 saturated heterocycles. The average Bonchev–Trinajstić information content (AvgIpc) is 2.09. The molecule has 7 heteroatoms. The molecule has 14 heavy (non-hydrogen) atoms. The molecule has 76 valence electrons. The van der Waals surface area contributed by atoms with Crippen molar-refractivity contribution in [1.29, 1.82) is 0 Å². The van der Waals surface area contributed by atoms with Crippen LogP contribution in [0.2, 0.25) is 0 Å². The molecule has 0 aliphatic carbocycles.